The average Bonchev–Trinajstić information content (AvgIpc) is 3.51. The lowest BCUT2D eigenvalue weighted by Crippen LogP contribution is -2.43. The quantitative estimate of drug-likeness (QED) is 0.312. The van der Waals surface area contributed by atoms with Crippen molar-refractivity contribution >= 4 is 46.6 Å². The fraction of sp³-hybridized carbons (Fsp3) is 0.321. The van der Waals surface area contributed by atoms with E-state index in [9.17, 15) is 9.59 Å². The van der Waals surface area contributed by atoms with E-state index in [0.717, 1.165) is 17.0 Å². The first-order valence-corrected chi connectivity index (χ1v) is 14.0. The molecule has 2 amide bonds. The first-order chi connectivity index (χ1) is 19.2. The summed E-state index contributed by atoms with van der Waals surface area (Å²) in [5.41, 5.74) is 4.83. The molecule has 1 aliphatic rings. The number of halogens is 3. The van der Waals surface area contributed by atoms with Gasteiger partial charge in [0.25, 0.3) is 5.91 Å². The Labute approximate surface area is 247 Å². The van der Waals surface area contributed by atoms with Gasteiger partial charge in [0.05, 0.1) is 28.4 Å². The van der Waals surface area contributed by atoms with Crippen LogP contribution in [0.25, 0.3) is 5.69 Å². The summed E-state index contributed by atoms with van der Waals surface area (Å²) in [7, 11) is 0. The fourth-order valence-corrected chi connectivity index (χ4v) is 6.00. The molecule has 208 valence electrons. The highest BCUT2D eigenvalue weighted by Gasteiger charge is 2.29. The lowest BCUT2D eigenvalue weighted by Gasteiger charge is -2.31. The molecule has 0 aliphatic carbocycles. The van der Waals surface area contributed by atoms with Crippen molar-refractivity contribution in [1.29, 1.82) is 0 Å². The van der Waals surface area contributed by atoms with Gasteiger partial charge in [-0.05, 0) is 62.6 Å². The van der Waals surface area contributed by atoms with Crippen LogP contribution in [0.3, 0.4) is 0 Å². The topological polar surface area (TPSA) is 97.9 Å². The maximum Gasteiger partial charge on any atom is 0.255 e. The van der Waals surface area contributed by atoms with Gasteiger partial charge < -0.3 is 14.8 Å². The number of pyridine rings is 1. The number of aryl methyl sites for hydroxylation is 1. The number of hydrogen-bond donors (Lipinski definition) is 1. The second-order valence-corrected chi connectivity index (χ2v) is 11.1. The maximum absolute atomic E-state index is 13.4. The van der Waals surface area contributed by atoms with E-state index in [-0.39, 0.29) is 24.3 Å². The second kappa shape index (κ2) is 12.0. The zero-order valence-corrected chi connectivity index (χ0v) is 24.3. The Hall–Kier alpha value is -3.40. The Morgan fingerprint density at radius 3 is 2.38 bits per heavy atom. The van der Waals surface area contributed by atoms with E-state index in [0.29, 0.717) is 64.5 Å². The summed E-state index contributed by atoms with van der Waals surface area (Å²) in [4.78, 5) is 32.2. The fourth-order valence-electron chi connectivity index (χ4n) is 5.01. The van der Waals surface area contributed by atoms with Crippen molar-refractivity contribution in [2.24, 2.45) is 5.92 Å². The van der Waals surface area contributed by atoms with Crippen LogP contribution in [0.15, 0.2) is 48.9 Å². The third-order valence-electron chi connectivity index (χ3n) is 7.24. The summed E-state index contributed by atoms with van der Waals surface area (Å²) in [6.07, 6.45) is 6.39. The van der Waals surface area contributed by atoms with Gasteiger partial charge >= 0.3 is 0 Å². The molecular weight excluding hydrogens is 573 g/mol. The number of hydrogen-bond acceptors (Lipinski definition) is 5. The molecular formula is C28H28Cl3N7O2. The molecule has 0 radical (unpaired) electrons. The van der Waals surface area contributed by atoms with Gasteiger partial charge in [0, 0.05) is 54.4 Å². The predicted molar refractivity (Wildman–Crippen MR) is 154 cm³/mol. The van der Waals surface area contributed by atoms with Gasteiger partial charge in [-0.3, -0.25) is 14.6 Å². The van der Waals surface area contributed by atoms with Gasteiger partial charge in [-0.25, -0.2) is 4.68 Å². The van der Waals surface area contributed by atoms with Gasteiger partial charge in [0.1, 0.15) is 11.4 Å². The molecule has 0 unspecified atom stereocenters. The molecule has 0 atom stereocenters. The van der Waals surface area contributed by atoms with Crippen LogP contribution in [0.5, 0.6) is 0 Å². The van der Waals surface area contributed by atoms with Crippen molar-refractivity contribution in [3.8, 4) is 5.69 Å². The summed E-state index contributed by atoms with van der Waals surface area (Å²) in [6.45, 7) is 5.93. The van der Waals surface area contributed by atoms with Gasteiger partial charge in [0.2, 0.25) is 5.91 Å². The lowest BCUT2D eigenvalue weighted by atomic mass is 9.95. The van der Waals surface area contributed by atoms with Crippen molar-refractivity contribution in [1.82, 2.24) is 34.8 Å². The van der Waals surface area contributed by atoms with Crippen LogP contribution in [0.1, 0.15) is 45.8 Å². The number of carbonyl (C=O) groups is 2. The van der Waals surface area contributed by atoms with E-state index in [1.807, 2.05) is 36.9 Å². The third-order valence-corrected chi connectivity index (χ3v) is 8.04. The van der Waals surface area contributed by atoms with Crippen LogP contribution < -0.4 is 5.32 Å². The van der Waals surface area contributed by atoms with E-state index in [1.54, 1.807) is 30.7 Å². The number of amides is 2. The number of rotatable bonds is 7. The smallest absolute Gasteiger partial charge is 0.255 e. The molecule has 1 aliphatic heterocycles. The van der Waals surface area contributed by atoms with E-state index in [2.05, 4.69) is 25.2 Å². The Kier molecular flexibility index (Phi) is 8.44. The zero-order valence-electron chi connectivity index (χ0n) is 22.1. The van der Waals surface area contributed by atoms with Crippen LogP contribution in [-0.4, -0.2) is 54.3 Å². The van der Waals surface area contributed by atoms with Crippen LogP contribution in [0.2, 0.25) is 15.1 Å². The summed E-state index contributed by atoms with van der Waals surface area (Å²) >= 11 is 18.5. The average molecular weight is 601 g/mol. The van der Waals surface area contributed by atoms with Crippen molar-refractivity contribution < 1.29 is 9.59 Å². The molecule has 9 nitrogen and oxygen atoms in total. The van der Waals surface area contributed by atoms with E-state index in [4.69, 9.17) is 34.8 Å². The minimum Gasteiger partial charge on any atom is -0.350 e. The van der Waals surface area contributed by atoms with Crippen molar-refractivity contribution in [3.63, 3.8) is 0 Å². The standard InChI is InChI=1S/C28H28Cl3N7O2/c1-17-11-23(18(2)37(17)15-19-3-7-32-8-4-19)28(40)36-9-5-20(6-10-36)27(39)33-14-22-16-38(35-34-22)26-24(30)12-21(29)13-25(26)31/h3-4,7-8,11-13,16,20H,5-6,9-10,14-15H2,1-2H3,(H,33,39). The molecule has 4 aromatic rings. The largest absolute Gasteiger partial charge is 0.350 e. The molecule has 5 rings (SSSR count). The Morgan fingerprint density at radius 2 is 1.70 bits per heavy atom. The van der Waals surface area contributed by atoms with Crippen LogP contribution >= 0.6 is 34.8 Å². The van der Waals surface area contributed by atoms with Gasteiger partial charge in [-0.2, -0.15) is 0 Å². The highest BCUT2D eigenvalue weighted by Crippen LogP contribution is 2.31. The molecule has 12 heteroatoms. The number of piperidine rings is 1. The molecule has 0 saturated carbocycles. The molecule has 1 aromatic carbocycles. The highest BCUT2D eigenvalue weighted by atomic mass is 35.5. The maximum atomic E-state index is 13.4. The number of likely N-dealkylation sites (tertiary alicyclic amines) is 1. The van der Waals surface area contributed by atoms with Gasteiger partial charge in [-0.1, -0.05) is 40.0 Å². The predicted octanol–water partition coefficient (Wildman–Crippen LogP) is 5.26. The minimum absolute atomic E-state index is 0.00377. The molecule has 4 heterocycles. The molecule has 3 aromatic heterocycles. The third kappa shape index (κ3) is 6.01. The molecule has 1 N–H and O–H groups in total. The number of carbonyl (C=O) groups excluding carboxylic acids is 2. The zero-order chi connectivity index (χ0) is 28.4. The number of nitrogens with one attached hydrogen (secondary N) is 1. The lowest BCUT2D eigenvalue weighted by molar-refractivity contribution is -0.126. The molecule has 1 fully saturated rings. The first kappa shape index (κ1) is 28.1. The molecule has 40 heavy (non-hydrogen) atoms. The Bertz CT molecular complexity index is 1520. The number of nitrogens with zero attached hydrogens (tertiary/aromatic N) is 6. The van der Waals surface area contributed by atoms with Gasteiger partial charge in [0.15, 0.2) is 0 Å². The molecule has 0 spiro atoms. The summed E-state index contributed by atoms with van der Waals surface area (Å²) < 4.78 is 3.61. The van der Waals surface area contributed by atoms with E-state index >= 15 is 0 Å². The minimum atomic E-state index is -0.182. The summed E-state index contributed by atoms with van der Waals surface area (Å²) in [5, 5.41) is 12.2. The second-order valence-electron chi connectivity index (χ2n) is 9.88. The highest BCUT2D eigenvalue weighted by molar-refractivity contribution is 6.40. The SMILES string of the molecule is Cc1cc(C(=O)N2CCC(C(=O)NCc3cn(-c4c(Cl)cc(Cl)cc4Cl)nn3)CC2)c(C)n1Cc1ccncc1. The number of aromatic nitrogens is 5. The monoisotopic (exact) mass is 599 g/mol. The van der Waals surface area contributed by atoms with Crippen LogP contribution in [0.4, 0.5) is 0 Å². The van der Waals surface area contributed by atoms with E-state index < -0.39 is 0 Å². The van der Waals surface area contributed by atoms with Gasteiger partial charge in [-0.15, -0.1) is 5.10 Å². The summed E-state index contributed by atoms with van der Waals surface area (Å²) in [6, 6.07) is 9.05. The van der Waals surface area contributed by atoms with Crippen molar-refractivity contribution in [2.75, 3.05) is 13.1 Å². The first-order valence-electron chi connectivity index (χ1n) is 12.9. The summed E-state index contributed by atoms with van der Waals surface area (Å²) in [5.74, 6) is -0.248. The normalized spacial score (nSPS) is 14.0. The molecule has 1 saturated heterocycles. The van der Waals surface area contributed by atoms with Crippen LogP contribution in [0, 0.1) is 19.8 Å². The molecule has 0 bridgehead atoms. The van der Waals surface area contributed by atoms with E-state index in [1.165, 1.54) is 4.68 Å². The Morgan fingerprint density at radius 1 is 1.02 bits per heavy atom. The number of benzene rings is 1. The van der Waals surface area contributed by atoms with Crippen molar-refractivity contribution in [3.05, 3.63) is 92.2 Å². The van der Waals surface area contributed by atoms with Crippen LogP contribution in [-0.2, 0) is 17.9 Å². The Balaban J connectivity index is 1.15. The van der Waals surface area contributed by atoms with Crippen molar-refractivity contribution in [2.45, 2.75) is 39.8 Å².